The summed E-state index contributed by atoms with van der Waals surface area (Å²) < 4.78 is 0. The van der Waals surface area contributed by atoms with E-state index in [0.717, 1.165) is 12.8 Å². The summed E-state index contributed by atoms with van der Waals surface area (Å²) in [5.74, 6) is 0. The third-order valence-electron chi connectivity index (χ3n) is 3.13. The molecule has 0 amide bonds. The quantitative estimate of drug-likeness (QED) is 0.123. The maximum Gasteiger partial charge on any atom is 0.0724 e. The van der Waals surface area contributed by atoms with Crippen LogP contribution in [0.2, 0.25) is 0 Å². The first-order valence-corrected chi connectivity index (χ1v) is 8.30. The van der Waals surface area contributed by atoms with Crippen molar-refractivity contribution in [3.8, 4) is 0 Å². The predicted octanol–water partition coefficient (Wildman–Crippen LogP) is 5.17. The summed E-state index contributed by atoms with van der Waals surface area (Å²) in [6.45, 7) is 2.22. The van der Waals surface area contributed by atoms with Crippen molar-refractivity contribution in [1.82, 2.24) is 0 Å². The molecule has 0 aliphatic rings. The smallest absolute Gasteiger partial charge is 0.0724 e. The fourth-order valence-corrected chi connectivity index (χ4v) is 1.85. The first-order valence-electron chi connectivity index (χ1n) is 8.30. The Morgan fingerprint density at radius 3 is 2.50 bits per heavy atom. The van der Waals surface area contributed by atoms with Crippen molar-refractivity contribution in [3.05, 3.63) is 48.6 Å². The van der Waals surface area contributed by atoms with E-state index in [1.807, 2.05) is 24.3 Å². The van der Waals surface area contributed by atoms with Gasteiger partial charge in [0.2, 0.25) is 0 Å². The van der Waals surface area contributed by atoms with Gasteiger partial charge in [0.05, 0.1) is 6.10 Å². The van der Waals surface area contributed by atoms with Gasteiger partial charge in [0.15, 0.2) is 0 Å². The van der Waals surface area contributed by atoms with E-state index in [4.69, 9.17) is 5.21 Å². The Morgan fingerprint density at radius 1 is 0.909 bits per heavy atom. The molecule has 22 heavy (non-hydrogen) atoms. The van der Waals surface area contributed by atoms with Crippen molar-refractivity contribution < 1.29 is 10.3 Å². The molecular weight excluding hydrogens is 274 g/mol. The number of hydrogen-bond acceptors (Lipinski definition) is 3. The van der Waals surface area contributed by atoms with Gasteiger partial charge in [-0.25, -0.2) is 0 Å². The van der Waals surface area contributed by atoms with Crippen LogP contribution >= 0.6 is 0 Å². The minimum Gasteiger partial charge on any atom is -0.411 e. The van der Waals surface area contributed by atoms with E-state index >= 15 is 0 Å². The van der Waals surface area contributed by atoms with E-state index in [-0.39, 0.29) is 0 Å². The van der Waals surface area contributed by atoms with Gasteiger partial charge in [-0.05, 0) is 38.5 Å². The zero-order valence-corrected chi connectivity index (χ0v) is 13.8. The van der Waals surface area contributed by atoms with Crippen molar-refractivity contribution in [2.24, 2.45) is 5.16 Å². The molecule has 0 fully saturated rings. The average Bonchev–Trinajstić information content (AvgIpc) is 2.52. The van der Waals surface area contributed by atoms with Crippen molar-refractivity contribution in [1.29, 1.82) is 0 Å². The molecule has 0 rings (SSSR count). The first-order chi connectivity index (χ1) is 10.8. The van der Waals surface area contributed by atoms with Crippen LogP contribution in [0.4, 0.5) is 0 Å². The van der Waals surface area contributed by atoms with Crippen LogP contribution < -0.4 is 0 Å². The lowest BCUT2D eigenvalue weighted by atomic mass is 10.1. The lowest BCUT2D eigenvalue weighted by molar-refractivity contribution is 0.210. The highest BCUT2D eigenvalue weighted by molar-refractivity contribution is 5.55. The van der Waals surface area contributed by atoms with E-state index in [1.165, 1.54) is 31.9 Å². The van der Waals surface area contributed by atoms with Crippen LogP contribution in [-0.2, 0) is 0 Å². The molecule has 124 valence electrons. The second-order valence-electron chi connectivity index (χ2n) is 5.20. The molecule has 0 bridgehead atoms. The second-order valence-corrected chi connectivity index (χ2v) is 5.20. The number of aliphatic hydroxyl groups is 1. The molecule has 0 aromatic carbocycles. The first kappa shape index (κ1) is 20.4. The minimum atomic E-state index is -0.438. The third-order valence-corrected chi connectivity index (χ3v) is 3.13. The van der Waals surface area contributed by atoms with E-state index in [2.05, 4.69) is 30.3 Å². The van der Waals surface area contributed by atoms with Crippen LogP contribution in [0.15, 0.2) is 53.8 Å². The van der Waals surface area contributed by atoms with Crippen LogP contribution in [0.1, 0.15) is 58.3 Å². The van der Waals surface area contributed by atoms with Crippen LogP contribution in [0.3, 0.4) is 0 Å². The number of unbranched alkanes of at least 4 members (excludes halogenated alkanes) is 4. The van der Waals surface area contributed by atoms with Gasteiger partial charge in [-0.3, -0.25) is 0 Å². The molecule has 0 saturated carbocycles. The van der Waals surface area contributed by atoms with Gasteiger partial charge in [-0.2, -0.15) is 0 Å². The maximum absolute atomic E-state index is 9.66. The van der Waals surface area contributed by atoms with Gasteiger partial charge in [0, 0.05) is 6.21 Å². The van der Waals surface area contributed by atoms with Crippen molar-refractivity contribution in [3.63, 3.8) is 0 Å². The number of rotatable bonds is 13. The zero-order chi connectivity index (χ0) is 16.3. The molecule has 0 aliphatic carbocycles. The second kappa shape index (κ2) is 17.4. The molecule has 0 spiro atoms. The fraction of sp³-hybridized carbons (Fsp3) is 0.526. The highest BCUT2D eigenvalue weighted by Crippen LogP contribution is 2.02. The highest BCUT2D eigenvalue weighted by atomic mass is 16.4. The normalized spacial score (nSPS) is 14.5. The Kier molecular flexibility index (Phi) is 16.2. The zero-order valence-electron chi connectivity index (χ0n) is 13.8. The third kappa shape index (κ3) is 16.4. The fourth-order valence-electron chi connectivity index (χ4n) is 1.85. The Morgan fingerprint density at radius 2 is 1.73 bits per heavy atom. The molecule has 1 atom stereocenters. The molecule has 0 aromatic heterocycles. The predicted molar refractivity (Wildman–Crippen MR) is 95.5 cm³/mol. The molecule has 0 aromatic rings. The standard InChI is InChI=1S/C19H31NO2/c1-2-3-4-5-6-7-8-9-10-11-12-13-16-19(21)17-14-15-18-20-22/h6-7,9-13,16,18-19,21-22H,2-5,8,14-15,17H2,1H3/b7-6-,10-9-,12-11+,16-13+,20-18+/t19-/m0/s1. The summed E-state index contributed by atoms with van der Waals surface area (Å²) in [5, 5.41) is 20.8. The number of hydrogen-bond donors (Lipinski definition) is 2. The summed E-state index contributed by atoms with van der Waals surface area (Å²) in [6, 6.07) is 0. The van der Waals surface area contributed by atoms with Crippen LogP contribution in [0, 0.1) is 0 Å². The molecule has 3 heteroatoms. The molecular formula is C19H31NO2. The molecule has 0 aliphatic heterocycles. The molecule has 0 saturated heterocycles. The van der Waals surface area contributed by atoms with Gasteiger partial charge in [-0.15, -0.1) is 5.16 Å². The molecule has 0 radical (unpaired) electrons. The van der Waals surface area contributed by atoms with Crippen molar-refractivity contribution in [2.75, 3.05) is 0 Å². The van der Waals surface area contributed by atoms with E-state index < -0.39 is 6.10 Å². The Labute approximate surface area is 135 Å². The lowest BCUT2D eigenvalue weighted by Gasteiger charge is -2.01. The topological polar surface area (TPSA) is 52.8 Å². The minimum absolute atomic E-state index is 0.438. The number of allylic oxidation sites excluding steroid dienone is 7. The summed E-state index contributed by atoms with van der Waals surface area (Å²) in [6.07, 6.45) is 25.3. The summed E-state index contributed by atoms with van der Waals surface area (Å²) >= 11 is 0. The Balaban J connectivity index is 3.62. The summed E-state index contributed by atoms with van der Waals surface area (Å²) in [5.41, 5.74) is 0. The van der Waals surface area contributed by atoms with E-state index in [9.17, 15) is 5.11 Å². The molecule has 0 unspecified atom stereocenters. The van der Waals surface area contributed by atoms with Gasteiger partial charge in [0.25, 0.3) is 0 Å². The van der Waals surface area contributed by atoms with Gasteiger partial charge in [0.1, 0.15) is 0 Å². The van der Waals surface area contributed by atoms with Crippen LogP contribution in [-0.4, -0.2) is 22.6 Å². The maximum atomic E-state index is 9.66. The Bertz CT molecular complexity index is 368. The molecule has 3 nitrogen and oxygen atoms in total. The largest absolute Gasteiger partial charge is 0.411 e. The average molecular weight is 305 g/mol. The lowest BCUT2D eigenvalue weighted by Crippen LogP contribution is -2.01. The van der Waals surface area contributed by atoms with Gasteiger partial charge < -0.3 is 10.3 Å². The van der Waals surface area contributed by atoms with Crippen LogP contribution in [0.5, 0.6) is 0 Å². The molecule has 0 heterocycles. The highest BCUT2D eigenvalue weighted by Gasteiger charge is 1.96. The van der Waals surface area contributed by atoms with E-state index in [0.29, 0.717) is 12.8 Å². The van der Waals surface area contributed by atoms with Crippen molar-refractivity contribution >= 4 is 6.21 Å². The van der Waals surface area contributed by atoms with E-state index in [1.54, 1.807) is 6.08 Å². The van der Waals surface area contributed by atoms with Gasteiger partial charge in [-0.1, -0.05) is 68.4 Å². The molecule has 2 N–H and O–H groups in total. The SMILES string of the molecule is CCCCC/C=C\C\C=C/C=C/C=C/[C@H](O)CCC/C=N/O. The number of nitrogens with zero attached hydrogens (tertiary/aromatic N) is 1. The van der Waals surface area contributed by atoms with Crippen molar-refractivity contribution in [2.45, 2.75) is 64.4 Å². The summed E-state index contributed by atoms with van der Waals surface area (Å²) in [4.78, 5) is 0. The number of aliphatic hydroxyl groups excluding tert-OH is 1. The monoisotopic (exact) mass is 305 g/mol. The van der Waals surface area contributed by atoms with Gasteiger partial charge >= 0.3 is 0 Å². The summed E-state index contributed by atoms with van der Waals surface area (Å²) in [7, 11) is 0. The van der Waals surface area contributed by atoms with Crippen LogP contribution in [0.25, 0.3) is 0 Å². The Hall–Kier alpha value is -1.61. The number of oxime groups is 1.